The van der Waals surface area contributed by atoms with Crippen LogP contribution in [0.2, 0.25) is 0 Å². The van der Waals surface area contributed by atoms with Crippen LogP contribution in [0.15, 0.2) is 104 Å². The van der Waals surface area contributed by atoms with Crippen molar-refractivity contribution in [1.82, 2.24) is 15.0 Å². The molecule has 5 N–H and O–H groups in total. The molecule has 0 aliphatic heterocycles. The van der Waals surface area contributed by atoms with Crippen LogP contribution in [0.25, 0.3) is 10.9 Å². The summed E-state index contributed by atoms with van der Waals surface area (Å²) in [6, 6.07) is 26.4. The molecule has 0 fully saturated rings. The van der Waals surface area contributed by atoms with Crippen LogP contribution in [0.1, 0.15) is 23.5 Å². The Balaban J connectivity index is 0.00000130. The summed E-state index contributed by atoms with van der Waals surface area (Å²) >= 11 is 0. The van der Waals surface area contributed by atoms with Crippen LogP contribution in [0, 0.1) is 6.92 Å². The zero-order chi connectivity index (χ0) is 26.2. The molecule has 2 aromatic heterocycles. The summed E-state index contributed by atoms with van der Waals surface area (Å²) in [5.74, 6) is 0.610. The van der Waals surface area contributed by atoms with E-state index in [1.807, 2.05) is 73.7 Å². The third-order valence-corrected chi connectivity index (χ3v) is 5.36. The van der Waals surface area contributed by atoms with E-state index in [0.29, 0.717) is 17.1 Å². The largest absolute Gasteiger partial charge is 0.368 e. The zero-order valence-corrected chi connectivity index (χ0v) is 20.4. The number of nitrogens with one attached hydrogen (secondary N) is 3. The Morgan fingerprint density at radius 1 is 0.816 bits per heavy atom. The highest BCUT2D eigenvalue weighted by atomic mass is 16.1. The van der Waals surface area contributed by atoms with Gasteiger partial charge in [-0.25, -0.2) is 4.98 Å². The lowest BCUT2D eigenvalue weighted by Crippen LogP contribution is -2.11. The number of carbonyl (C=O) groups excluding carboxylic acids is 1. The van der Waals surface area contributed by atoms with Crippen molar-refractivity contribution in [2.75, 3.05) is 21.7 Å². The summed E-state index contributed by atoms with van der Waals surface area (Å²) < 4.78 is 0. The van der Waals surface area contributed by atoms with Crippen LogP contribution in [0.5, 0.6) is 0 Å². The maximum Gasteiger partial charge on any atom is 0.255 e. The minimum atomic E-state index is -0.195. The van der Waals surface area contributed by atoms with E-state index < -0.39 is 0 Å². The molecular weight excluding hydrogens is 474 g/mol. The van der Waals surface area contributed by atoms with Gasteiger partial charge in [0.25, 0.3) is 5.91 Å². The first-order valence-corrected chi connectivity index (χ1v) is 11.5. The molecule has 0 bridgehead atoms. The van der Waals surface area contributed by atoms with Crippen molar-refractivity contribution in [1.29, 1.82) is 0 Å². The highest BCUT2D eigenvalue weighted by Crippen LogP contribution is 2.26. The van der Waals surface area contributed by atoms with Crippen LogP contribution in [-0.2, 0) is 0 Å². The first kappa shape index (κ1) is 27.3. The van der Waals surface area contributed by atoms with Gasteiger partial charge in [-0.05, 0) is 67.6 Å². The van der Waals surface area contributed by atoms with E-state index in [1.165, 1.54) is 0 Å². The molecule has 0 aliphatic rings. The van der Waals surface area contributed by atoms with Gasteiger partial charge in [-0.2, -0.15) is 4.98 Å². The number of aromatic nitrogens is 3. The van der Waals surface area contributed by atoms with Gasteiger partial charge in [0, 0.05) is 51.7 Å². The SMILES string of the molecule is C.C=C.Cc1cc(Nc2ccc(C(=O)Nc3ccc(Nc4ccnc5ccccc45)cc3)cc2)nc(N)n1. The minimum absolute atomic E-state index is 0. The Kier molecular flexibility index (Phi) is 9.10. The fourth-order valence-corrected chi connectivity index (χ4v) is 3.71. The van der Waals surface area contributed by atoms with Gasteiger partial charge in [0.15, 0.2) is 0 Å². The molecule has 0 atom stereocenters. The van der Waals surface area contributed by atoms with Crippen LogP contribution >= 0.6 is 0 Å². The van der Waals surface area contributed by atoms with E-state index >= 15 is 0 Å². The number of nitrogens with zero attached hydrogens (tertiary/aromatic N) is 3. The average Bonchev–Trinajstić information content (AvgIpc) is 2.91. The molecule has 3 aromatic carbocycles. The van der Waals surface area contributed by atoms with Gasteiger partial charge in [-0.15, -0.1) is 13.2 Å². The summed E-state index contributed by atoms with van der Waals surface area (Å²) in [5, 5.41) is 10.6. The number of nitrogens with two attached hydrogens (primary N) is 1. The number of pyridine rings is 1. The number of nitrogen functional groups attached to an aromatic ring is 1. The molecule has 0 saturated carbocycles. The van der Waals surface area contributed by atoms with E-state index in [1.54, 1.807) is 24.4 Å². The standard InChI is InChI=1S/C27H23N7O.C2H4.CH4/c1-17-16-25(34-27(28)30-17)32-20-8-6-18(7-9-20)26(35)33-21-12-10-19(11-13-21)31-24-14-15-29-23-5-3-2-4-22(23)24;1-2;/h2-16H,1H3,(H,29,31)(H,33,35)(H3,28,30,32,34);1-2H2;1H4. The van der Waals surface area contributed by atoms with E-state index in [-0.39, 0.29) is 19.3 Å². The number of para-hydroxylation sites is 1. The lowest BCUT2D eigenvalue weighted by Gasteiger charge is -2.11. The average molecular weight is 506 g/mol. The van der Waals surface area contributed by atoms with E-state index in [9.17, 15) is 4.79 Å². The van der Waals surface area contributed by atoms with E-state index in [0.717, 1.165) is 33.7 Å². The van der Waals surface area contributed by atoms with Crippen molar-refractivity contribution in [3.8, 4) is 0 Å². The molecule has 2 heterocycles. The second-order valence-electron chi connectivity index (χ2n) is 7.99. The molecule has 0 aliphatic carbocycles. The van der Waals surface area contributed by atoms with Crippen molar-refractivity contribution >= 4 is 51.3 Å². The van der Waals surface area contributed by atoms with Crippen LogP contribution in [0.4, 0.5) is 34.5 Å². The molecule has 0 saturated heterocycles. The fraction of sp³-hybridized carbons (Fsp3) is 0.0667. The van der Waals surface area contributed by atoms with Crippen molar-refractivity contribution in [3.63, 3.8) is 0 Å². The number of hydrogen-bond acceptors (Lipinski definition) is 7. The number of benzene rings is 3. The van der Waals surface area contributed by atoms with Gasteiger partial charge in [-0.3, -0.25) is 9.78 Å². The predicted octanol–water partition coefficient (Wildman–Crippen LogP) is 7.09. The van der Waals surface area contributed by atoms with Crippen LogP contribution < -0.4 is 21.7 Å². The molecule has 8 nitrogen and oxygen atoms in total. The van der Waals surface area contributed by atoms with Gasteiger partial charge < -0.3 is 21.7 Å². The second-order valence-corrected chi connectivity index (χ2v) is 7.99. The van der Waals surface area contributed by atoms with Gasteiger partial charge in [-0.1, -0.05) is 25.6 Å². The number of rotatable bonds is 6. The molecule has 5 rings (SSSR count). The summed E-state index contributed by atoms with van der Waals surface area (Å²) in [4.78, 5) is 25.3. The number of fused-ring (bicyclic) bond motifs is 1. The van der Waals surface area contributed by atoms with Crippen LogP contribution in [0.3, 0.4) is 0 Å². The molecule has 192 valence electrons. The van der Waals surface area contributed by atoms with Gasteiger partial charge in [0.05, 0.1) is 5.52 Å². The Bertz CT molecular complexity index is 1490. The Labute approximate surface area is 222 Å². The lowest BCUT2D eigenvalue weighted by molar-refractivity contribution is 0.102. The number of amides is 1. The Hall–Kier alpha value is -5.24. The quantitative estimate of drug-likeness (QED) is 0.182. The summed E-state index contributed by atoms with van der Waals surface area (Å²) in [6.45, 7) is 7.85. The first-order valence-electron chi connectivity index (χ1n) is 11.5. The van der Waals surface area contributed by atoms with Crippen molar-refractivity contribution in [2.24, 2.45) is 0 Å². The van der Waals surface area contributed by atoms with Crippen molar-refractivity contribution in [3.05, 3.63) is 116 Å². The van der Waals surface area contributed by atoms with Gasteiger partial charge in [0.2, 0.25) is 5.95 Å². The summed E-state index contributed by atoms with van der Waals surface area (Å²) in [5.41, 5.74) is 11.3. The maximum absolute atomic E-state index is 12.7. The number of carbonyl (C=O) groups is 1. The number of aryl methyl sites for hydroxylation is 1. The number of hydrogen-bond donors (Lipinski definition) is 4. The molecule has 5 aromatic rings. The van der Waals surface area contributed by atoms with E-state index in [4.69, 9.17) is 5.73 Å². The first-order chi connectivity index (χ1) is 18.0. The normalized spacial score (nSPS) is 9.92. The summed E-state index contributed by atoms with van der Waals surface area (Å²) in [7, 11) is 0. The molecule has 38 heavy (non-hydrogen) atoms. The summed E-state index contributed by atoms with van der Waals surface area (Å²) in [6.07, 6.45) is 1.78. The molecular formula is C30H31N7O. The molecule has 0 unspecified atom stereocenters. The van der Waals surface area contributed by atoms with Crippen molar-refractivity contribution < 1.29 is 4.79 Å². The topological polar surface area (TPSA) is 118 Å². The highest BCUT2D eigenvalue weighted by molar-refractivity contribution is 6.04. The Morgan fingerprint density at radius 3 is 2.16 bits per heavy atom. The molecule has 8 heteroatoms. The zero-order valence-electron chi connectivity index (χ0n) is 20.4. The van der Waals surface area contributed by atoms with Gasteiger partial charge >= 0.3 is 0 Å². The minimum Gasteiger partial charge on any atom is -0.368 e. The molecule has 0 radical (unpaired) electrons. The lowest BCUT2D eigenvalue weighted by atomic mass is 10.1. The van der Waals surface area contributed by atoms with E-state index in [2.05, 4.69) is 44.1 Å². The van der Waals surface area contributed by atoms with Gasteiger partial charge in [0.1, 0.15) is 5.82 Å². The highest BCUT2D eigenvalue weighted by Gasteiger charge is 2.08. The smallest absolute Gasteiger partial charge is 0.255 e. The van der Waals surface area contributed by atoms with Crippen LogP contribution in [-0.4, -0.2) is 20.9 Å². The third kappa shape index (κ3) is 6.70. The molecule has 0 spiro atoms. The molecule has 1 amide bonds. The number of anilines is 6. The van der Waals surface area contributed by atoms with Crippen molar-refractivity contribution in [2.45, 2.75) is 14.4 Å². The third-order valence-electron chi connectivity index (χ3n) is 5.36. The monoisotopic (exact) mass is 505 g/mol. The second kappa shape index (κ2) is 12.6. The Morgan fingerprint density at radius 2 is 1.45 bits per heavy atom. The predicted molar refractivity (Wildman–Crippen MR) is 158 cm³/mol. The maximum atomic E-state index is 12.7. The fourth-order valence-electron chi connectivity index (χ4n) is 3.71.